The molecular formula is C46H58Cl2N2O10. The predicted molar refractivity (Wildman–Crippen MR) is 228 cm³/mol. The third-order valence-corrected chi connectivity index (χ3v) is 11.4. The van der Waals surface area contributed by atoms with Crippen LogP contribution in [0.15, 0.2) is 54.6 Å². The molecule has 3 aromatic rings. The normalized spacial score (nSPS) is 20.2. The van der Waals surface area contributed by atoms with Crippen molar-refractivity contribution in [2.24, 2.45) is 17.8 Å². The van der Waals surface area contributed by atoms with E-state index in [4.69, 9.17) is 56.4 Å². The van der Waals surface area contributed by atoms with Crippen molar-refractivity contribution in [1.29, 1.82) is 0 Å². The van der Waals surface area contributed by atoms with Crippen LogP contribution in [0.2, 0.25) is 10.0 Å². The molecule has 0 radical (unpaired) electrons. The van der Waals surface area contributed by atoms with E-state index in [0.29, 0.717) is 66.6 Å². The number of amides is 1. The summed E-state index contributed by atoms with van der Waals surface area (Å²) in [5.74, 6) is 1.06. The summed E-state index contributed by atoms with van der Waals surface area (Å²) in [5.41, 5.74) is 4.17. The first-order valence-corrected chi connectivity index (χ1v) is 21.8. The van der Waals surface area contributed by atoms with Crippen molar-refractivity contribution < 1.29 is 47.5 Å². The molecular weight excluding hydrogens is 811 g/mol. The van der Waals surface area contributed by atoms with E-state index < -0.39 is 18.4 Å². The van der Waals surface area contributed by atoms with Crippen LogP contribution in [0.4, 0.5) is 4.79 Å². The molecule has 3 aliphatic rings. The van der Waals surface area contributed by atoms with Gasteiger partial charge < -0.3 is 43.4 Å². The van der Waals surface area contributed by atoms with Crippen molar-refractivity contribution in [3.05, 3.63) is 86.9 Å². The zero-order valence-corrected chi connectivity index (χ0v) is 36.7. The van der Waals surface area contributed by atoms with E-state index in [2.05, 4.69) is 28.4 Å². The molecule has 60 heavy (non-hydrogen) atoms. The minimum atomic E-state index is -1.06. The summed E-state index contributed by atoms with van der Waals surface area (Å²) >= 11 is 12.6. The maximum Gasteiger partial charge on any atom is 0.511 e. The molecule has 1 N–H and O–H groups in total. The van der Waals surface area contributed by atoms with Crippen LogP contribution in [0.1, 0.15) is 81.0 Å². The quantitative estimate of drug-likeness (QED) is 0.0627. The molecule has 1 amide bonds. The van der Waals surface area contributed by atoms with Crippen LogP contribution < -0.4 is 19.5 Å². The van der Waals surface area contributed by atoms with Crippen LogP contribution >= 0.6 is 23.2 Å². The lowest BCUT2D eigenvalue weighted by atomic mass is 9.80. The van der Waals surface area contributed by atoms with Gasteiger partial charge in [0.05, 0.1) is 34.6 Å². The van der Waals surface area contributed by atoms with Gasteiger partial charge in [0.2, 0.25) is 12.2 Å². The Morgan fingerprint density at radius 2 is 1.53 bits per heavy atom. The fraction of sp³-hybridized carbons (Fsp3) is 0.543. The monoisotopic (exact) mass is 868 g/mol. The zero-order chi connectivity index (χ0) is 42.8. The summed E-state index contributed by atoms with van der Waals surface area (Å²) in [6, 6.07) is 18.1. The van der Waals surface area contributed by atoms with E-state index in [1.165, 1.54) is 6.92 Å². The number of aryl methyl sites for hydroxylation is 2. The molecule has 1 aliphatic heterocycles. The number of benzene rings is 3. The van der Waals surface area contributed by atoms with Crippen LogP contribution in [-0.4, -0.2) is 88.0 Å². The number of methoxy groups -OCH3 is 1. The molecule has 0 spiro atoms. The lowest BCUT2D eigenvalue weighted by Crippen LogP contribution is -2.47. The molecule has 0 aromatic heterocycles. The zero-order valence-electron chi connectivity index (χ0n) is 35.2. The summed E-state index contributed by atoms with van der Waals surface area (Å²) in [4.78, 5) is 41.2. The Labute approximate surface area is 363 Å². The fourth-order valence-corrected chi connectivity index (χ4v) is 8.37. The molecule has 1 unspecified atom stereocenters. The van der Waals surface area contributed by atoms with Crippen LogP contribution in [0.25, 0.3) is 0 Å². The number of halogens is 2. The number of ether oxygens (including phenoxy) is 7. The number of hydrogen-bond donors (Lipinski definition) is 1. The van der Waals surface area contributed by atoms with Crippen molar-refractivity contribution in [1.82, 2.24) is 10.2 Å². The molecule has 12 nitrogen and oxygen atoms in total. The van der Waals surface area contributed by atoms with Gasteiger partial charge in [-0.2, -0.15) is 0 Å². The maximum absolute atomic E-state index is 14.6. The number of rotatable bonds is 21. The second kappa shape index (κ2) is 21.5. The van der Waals surface area contributed by atoms with Crippen LogP contribution in [0.3, 0.4) is 0 Å². The lowest BCUT2D eigenvalue weighted by molar-refractivity contribution is -0.170. The number of piperidine rings is 1. The van der Waals surface area contributed by atoms with Gasteiger partial charge in [-0.05, 0) is 130 Å². The number of hydrogen-bond acceptors (Lipinski definition) is 11. The number of carbonyl (C=O) groups excluding carboxylic acids is 3. The Morgan fingerprint density at radius 1 is 0.817 bits per heavy atom. The predicted octanol–water partition coefficient (Wildman–Crippen LogP) is 8.69. The molecule has 2 saturated carbocycles. The number of nitrogens with zero attached hydrogens (tertiary/aromatic N) is 1. The van der Waals surface area contributed by atoms with E-state index in [-0.39, 0.29) is 48.3 Å². The van der Waals surface area contributed by atoms with Crippen molar-refractivity contribution in [2.75, 3.05) is 46.6 Å². The molecule has 6 rings (SSSR count). The van der Waals surface area contributed by atoms with Gasteiger partial charge in [0.15, 0.2) is 5.75 Å². The van der Waals surface area contributed by atoms with Crippen molar-refractivity contribution >= 4 is 41.2 Å². The van der Waals surface area contributed by atoms with Gasteiger partial charge in [0, 0.05) is 45.7 Å². The number of carbonyl (C=O) groups is 3. The fourth-order valence-electron chi connectivity index (χ4n) is 7.66. The van der Waals surface area contributed by atoms with Gasteiger partial charge in [-0.3, -0.25) is 9.59 Å². The summed E-state index contributed by atoms with van der Waals surface area (Å²) < 4.78 is 38.7. The van der Waals surface area contributed by atoms with E-state index in [1.54, 1.807) is 21.0 Å². The standard InChI is InChI=1S/C46H58Cl2N2O10/c1-28(2)58-46(53)60-30(4)59-45(52)39-24-34(39)27-57-37-22-31(7-6-16-54-5)21-32(23-37)26-50(35-10-11-35)44(51)40-25-49-15-14-38(40)33-8-12-36(13-9-33)55-17-18-56-43-41(47)19-29(3)20-42(43)48/h8-9,12-13,19-23,28,30,34-35,38-40,49H,6-7,10-11,14-18,24-27H2,1-5H3/t30?,34-,38+,39+,40-/m0/s1. The smallest absolute Gasteiger partial charge is 0.493 e. The van der Waals surface area contributed by atoms with Crippen molar-refractivity contribution in [2.45, 2.75) is 97.1 Å². The SMILES string of the molecule is COCCCc1cc(CN(C(=O)[C@H]2CNCC[C@@H]2c2ccc(OCCOc3c(Cl)cc(C)cc3Cl)cc2)C2CC2)cc(OC[C@@H]2C[C@H]2C(=O)OC(C)OC(=O)OC(C)C)c1. The number of nitrogens with one attached hydrogen (secondary N) is 1. The molecule has 3 aromatic carbocycles. The topological polar surface area (TPSA) is 131 Å². The Morgan fingerprint density at radius 3 is 2.23 bits per heavy atom. The molecule has 0 bridgehead atoms. The lowest BCUT2D eigenvalue weighted by Gasteiger charge is -2.36. The van der Waals surface area contributed by atoms with Crippen molar-refractivity contribution in [3.63, 3.8) is 0 Å². The highest BCUT2D eigenvalue weighted by Crippen LogP contribution is 2.41. The molecule has 1 saturated heterocycles. The first-order valence-electron chi connectivity index (χ1n) is 21.0. The Hall–Kier alpha value is -4.23. The minimum absolute atomic E-state index is 0.0221. The minimum Gasteiger partial charge on any atom is -0.493 e. The van der Waals surface area contributed by atoms with E-state index >= 15 is 0 Å². The molecule has 326 valence electrons. The Kier molecular flexibility index (Phi) is 16.3. The van der Waals surface area contributed by atoms with Gasteiger partial charge in [-0.25, -0.2) is 4.79 Å². The average molecular weight is 870 g/mol. The molecule has 2 aliphatic carbocycles. The van der Waals surface area contributed by atoms with Crippen molar-refractivity contribution in [3.8, 4) is 17.2 Å². The van der Waals surface area contributed by atoms with Gasteiger partial charge in [-0.15, -0.1) is 0 Å². The largest absolute Gasteiger partial charge is 0.511 e. The van der Waals surface area contributed by atoms with Gasteiger partial charge in [-0.1, -0.05) is 41.4 Å². The van der Waals surface area contributed by atoms with E-state index in [1.807, 2.05) is 43.3 Å². The summed E-state index contributed by atoms with van der Waals surface area (Å²) in [5, 5.41) is 4.42. The van der Waals surface area contributed by atoms with Gasteiger partial charge in [0.1, 0.15) is 24.7 Å². The highest BCUT2D eigenvalue weighted by atomic mass is 35.5. The highest BCUT2D eigenvalue weighted by molar-refractivity contribution is 6.37. The first-order chi connectivity index (χ1) is 28.9. The number of esters is 1. The van der Waals surface area contributed by atoms with Crippen LogP contribution in [-0.2, 0) is 41.5 Å². The molecule has 3 fully saturated rings. The Bertz CT molecular complexity index is 1900. The molecule has 5 atom stereocenters. The first kappa shape index (κ1) is 45.3. The summed E-state index contributed by atoms with van der Waals surface area (Å²) in [6.07, 6.45) is 2.78. The second-order valence-corrected chi connectivity index (χ2v) is 17.1. The molecule has 14 heteroatoms. The average Bonchev–Trinajstić information content (AvgIpc) is 4.14. The molecule has 1 heterocycles. The van der Waals surface area contributed by atoms with Gasteiger partial charge >= 0.3 is 12.1 Å². The maximum atomic E-state index is 14.6. The van der Waals surface area contributed by atoms with Crippen LogP contribution in [0, 0.1) is 24.7 Å². The second-order valence-electron chi connectivity index (χ2n) is 16.3. The third kappa shape index (κ3) is 13.1. The summed E-state index contributed by atoms with van der Waals surface area (Å²) in [6.45, 7) is 10.3. The Balaban J connectivity index is 1.06. The van der Waals surface area contributed by atoms with E-state index in [9.17, 15) is 14.4 Å². The summed E-state index contributed by atoms with van der Waals surface area (Å²) in [7, 11) is 1.69. The van der Waals surface area contributed by atoms with E-state index in [0.717, 1.165) is 60.9 Å². The van der Waals surface area contributed by atoms with Gasteiger partial charge in [0.25, 0.3) is 0 Å². The third-order valence-electron chi connectivity index (χ3n) is 10.9. The highest BCUT2D eigenvalue weighted by Gasteiger charge is 2.46. The van der Waals surface area contributed by atoms with Crippen LogP contribution in [0.5, 0.6) is 17.2 Å².